The third kappa shape index (κ3) is 4.14. The average Bonchev–Trinajstić information content (AvgIpc) is 3.27. The summed E-state index contributed by atoms with van der Waals surface area (Å²) in [5, 5.41) is 13.0. The highest BCUT2D eigenvalue weighted by Crippen LogP contribution is 2.36. The lowest BCUT2D eigenvalue weighted by Gasteiger charge is -2.40. The minimum atomic E-state index is -3.29. The van der Waals surface area contributed by atoms with Crippen LogP contribution in [-0.2, 0) is 20.2 Å². The first-order chi connectivity index (χ1) is 13.4. The number of carbonyl (C=O) groups is 1. The summed E-state index contributed by atoms with van der Waals surface area (Å²) in [6, 6.07) is 12.7. The van der Waals surface area contributed by atoms with Crippen molar-refractivity contribution in [2.24, 2.45) is 0 Å². The molecule has 0 bridgehead atoms. The zero-order valence-corrected chi connectivity index (χ0v) is 16.7. The third-order valence-electron chi connectivity index (χ3n) is 5.42. The normalized spacial score (nSPS) is 18.5. The van der Waals surface area contributed by atoms with Gasteiger partial charge in [-0.15, -0.1) is 0 Å². The van der Waals surface area contributed by atoms with Gasteiger partial charge in [0.25, 0.3) is 0 Å². The monoisotopic (exact) mass is 406 g/mol. The van der Waals surface area contributed by atoms with Crippen LogP contribution in [0.2, 0.25) is 0 Å². The van der Waals surface area contributed by atoms with E-state index in [9.17, 15) is 18.3 Å². The van der Waals surface area contributed by atoms with Gasteiger partial charge >= 0.3 is 0 Å². The molecule has 2 heterocycles. The predicted octanol–water partition coefficient (Wildman–Crippen LogP) is 1.81. The van der Waals surface area contributed by atoms with Crippen LogP contribution in [-0.4, -0.2) is 49.1 Å². The highest BCUT2D eigenvalue weighted by molar-refractivity contribution is 7.89. The fraction of sp³-hybridized carbons (Fsp3) is 0.450. The molecule has 0 aliphatic carbocycles. The van der Waals surface area contributed by atoms with Gasteiger partial charge in [-0.25, -0.2) is 12.7 Å². The first-order valence-electron chi connectivity index (χ1n) is 9.42. The van der Waals surface area contributed by atoms with Crippen LogP contribution in [0.5, 0.6) is 0 Å². The van der Waals surface area contributed by atoms with Gasteiger partial charge in [0.05, 0.1) is 24.0 Å². The van der Waals surface area contributed by atoms with E-state index in [2.05, 4.69) is 5.32 Å². The number of furan rings is 1. The molecule has 1 aliphatic heterocycles. The molecule has 0 spiro atoms. The SMILES string of the molecule is CCS(=O)(=O)N1CCC(C(=O)NCC(O)c2ccco2)(c2ccccc2)CC1. The second-order valence-corrected chi connectivity index (χ2v) is 9.25. The molecule has 3 rings (SSSR count). The molecule has 1 aromatic heterocycles. The van der Waals surface area contributed by atoms with Gasteiger partial charge in [0.1, 0.15) is 11.9 Å². The van der Waals surface area contributed by atoms with Crippen molar-refractivity contribution in [3.63, 3.8) is 0 Å². The van der Waals surface area contributed by atoms with E-state index >= 15 is 0 Å². The van der Waals surface area contributed by atoms with Crippen molar-refractivity contribution in [3.05, 3.63) is 60.1 Å². The number of hydrogen-bond acceptors (Lipinski definition) is 5. The lowest BCUT2D eigenvalue weighted by atomic mass is 9.72. The zero-order valence-electron chi connectivity index (χ0n) is 15.9. The van der Waals surface area contributed by atoms with Gasteiger partial charge in [-0.3, -0.25) is 4.79 Å². The summed E-state index contributed by atoms with van der Waals surface area (Å²) in [5.41, 5.74) is 0.0257. The fourth-order valence-corrected chi connectivity index (χ4v) is 4.78. The summed E-state index contributed by atoms with van der Waals surface area (Å²) in [5.74, 6) is 0.225. The van der Waals surface area contributed by atoms with Gasteiger partial charge < -0.3 is 14.8 Å². The zero-order chi connectivity index (χ0) is 20.2. The van der Waals surface area contributed by atoms with E-state index < -0.39 is 21.5 Å². The van der Waals surface area contributed by atoms with Crippen LogP contribution in [0.1, 0.15) is 37.2 Å². The Hall–Kier alpha value is -2.16. The molecule has 1 aromatic carbocycles. The van der Waals surface area contributed by atoms with Crippen molar-refractivity contribution < 1.29 is 22.7 Å². The summed E-state index contributed by atoms with van der Waals surface area (Å²) >= 11 is 0. The third-order valence-corrected chi connectivity index (χ3v) is 7.30. The van der Waals surface area contributed by atoms with Crippen LogP contribution in [0.3, 0.4) is 0 Å². The molecule has 7 nitrogen and oxygen atoms in total. The Morgan fingerprint density at radius 2 is 1.89 bits per heavy atom. The van der Waals surface area contributed by atoms with Gasteiger partial charge in [0, 0.05) is 13.1 Å². The van der Waals surface area contributed by atoms with E-state index in [0.717, 1.165) is 5.56 Å². The van der Waals surface area contributed by atoms with Crippen molar-refractivity contribution in [1.82, 2.24) is 9.62 Å². The molecule has 2 N–H and O–H groups in total. The summed E-state index contributed by atoms with van der Waals surface area (Å²) in [7, 11) is -3.29. The fourth-order valence-electron chi connectivity index (χ4n) is 3.67. The van der Waals surface area contributed by atoms with Crippen molar-refractivity contribution in [3.8, 4) is 0 Å². The number of sulfonamides is 1. The maximum absolute atomic E-state index is 13.2. The molecule has 0 radical (unpaired) electrons. The molecule has 1 amide bonds. The smallest absolute Gasteiger partial charge is 0.230 e. The number of rotatable bonds is 7. The Morgan fingerprint density at radius 3 is 2.46 bits per heavy atom. The lowest BCUT2D eigenvalue weighted by molar-refractivity contribution is -0.128. The van der Waals surface area contributed by atoms with Crippen molar-refractivity contribution >= 4 is 15.9 Å². The van der Waals surface area contributed by atoms with E-state index in [1.807, 2.05) is 30.3 Å². The Kier molecular flexibility index (Phi) is 6.22. The van der Waals surface area contributed by atoms with Crippen LogP contribution >= 0.6 is 0 Å². The van der Waals surface area contributed by atoms with Crippen LogP contribution in [0, 0.1) is 0 Å². The quantitative estimate of drug-likeness (QED) is 0.731. The molecule has 28 heavy (non-hydrogen) atoms. The predicted molar refractivity (Wildman–Crippen MR) is 105 cm³/mol. The number of nitrogens with one attached hydrogen (secondary N) is 1. The van der Waals surface area contributed by atoms with Crippen LogP contribution in [0.4, 0.5) is 0 Å². The van der Waals surface area contributed by atoms with Crippen LogP contribution in [0.15, 0.2) is 53.1 Å². The Morgan fingerprint density at radius 1 is 1.21 bits per heavy atom. The van der Waals surface area contributed by atoms with Crippen LogP contribution < -0.4 is 5.32 Å². The minimum Gasteiger partial charge on any atom is -0.467 e. The highest BCUT2D eigenvalue weighted by Gasteiger charge is 2.44. The molecule has 8 heteroatoms. The second kappa shape index (κ2) is 8.46. The first kappa shape index (κ1) is 20.6. The number of amides is 1. The largest absolute Gasteiger partial charge is 0.467 e. The van der Waals surface area contributed by atoms with Gasteiger partial charge in [-0.05, 0) is 37.5 Å². The summed E-state index contributed by atoms with van der Waals surface area (Å²) < 4.78 is 31.0. The molecule has 1 atom stereocenters. The maximum Gasteiger partial charge on any atom is 0.230 e. The van der Waals surface area contributed by atoms with E-state index in [0.29, 0.717) is 31.7 Å². The van der Waals surface area contributed by atoms with E-state index in [-0.39, 0.29) is 18.2 Å². The van der Waals surface area contributed by atoms with Gasteiger partial charge in [-0.1, -0.05) is 30.3 Å². The van der Waals surface area contributed by atoms with Crippen molar-refractivity contribution in [2.75, 3.05) is 25.4 Å². The van der Waals surface area contributed by atoms with Gasteiger partial charge in [-0.2, -0.15) is 0 Å². The Labute approximate surface area is 165 Å². The maximum atomic E-state index is 13.2. The standard InChI is InChI=1S/C20H26N2O5S/c1-2-28(25,26)22-12-10-20(11-13-22,16-7-4-3-5-8-16)19(24)21-15-17(23)18-9-6-14-27-18/h3-9,14,17,23H,2,10-13,15H2,1H3,(H,21,24). The molecule has 1 unspecified atom stereocenters. The number of aliphatic hydroxyl groups excluding tert-OH is 1. The molecule has 1 aliphatic rings. The number of piperidine rings is 1. The molecule has 1 saturated heterocycles. The molecular formula is C20H26N2O5S. The molecule has 0 saturated carbocycles. The number of carbonyl (C=O) groups excluding carboxylic acids is 1. The van der Waals surface area contributed by atoms with E-state index in [1.165, 1.54) is 10.6 Å². The van der Waals surface area contributed by atoms with Crippen molar-refractivity contribution in [1.29, 1.82) is 0 Å². The molecular weight excluding hydrogens is 380 g/mol. The Bertz CT molecular complexity index is 873. The van der Waals surface area contributed by atoms with E-state index in [1.54, 1.807) is 19.1 Å². The van der Waals surface area contributed by atoms with Gasteiger partial charge in [0.15, 0.2) is 0 Å². The summed E-state index contributed by atoms with van der Waals surface area (Å²) in [4.78, 5) is 13.2. The first-order valence-corrected chi connectivity index (χ1v) is 11.0. The lowest BCUT2D eigenvalue weighted by Crippen LogP contribution is -2.53. The average molecular weight is 407 g/mol. The Balaban J connectivity index is 1.78. The number of nitrogens with zero attached hydrogens (tertiary/aromatic N) is 1. The second-order valence-electron chi connectivity index (χ2n) is 6.99. The number of aliphatic hydroxyl groups is 1. The topological polar surface area (TPSA) is 99.9 Å². The number of hydrogen-bond donors (Lipinski definition) is 2. The molecule has 1 fully saturated rings. The minimum absolute atomic E-state index is 0.0257. The van der Waals surface area contributed by atoms with Crippen LogP contribution in [0.25, 0.3) is 0 Å². The highest BCUT2D eigenvalue weighted by atomic mass is 32.2. The van der Waals surface area contributed by atoms with Gasteiger partial charge in [0.2, 0.25) is 15.9 Å². The van der Waals surface area contributed by atoms with Crippen molar-refractivity contribution in [2.45, 2.75) is 31.3 Å². The number of benzene rings is 1. The summed E-state index contributed by atoms with van der Waals surface area (Å²) in [6.07, 6.45) is 1.31. The summed E-state index contributed by atoms with van der Waals surface area (Å²) in [6.45, 7) is 2.23. The molecule has 2 aromatic rings. The molecule has 152 valence electrons. The van der Waals surface area contributed by atoms with E-state index in [4.69, 9.17) is 4.42 Å².